The van der Waals surface area contributed by atoms with Crippen molar-refractivity contribution in [1.82, 2.24) is 10.2 Å². The van der Waals surface area contributed by atoms with E-state index in [-0.39, 0.29) is 36.7 Å². The minimum Gasteiger partial charge on any atom is -0.352 e. The van der Waals surface area contributed by atoms with Crippen LogP contribution in [0, 0.1) is 0 Å². The van der Waals surface area contributed by atoms with E-state index in [1.165, 1.54) is 0 Å². The van der Waals surface area contributed by atoms with Gasteiger partial charge >= 0.3 is 0 Å². The van der Waals surface area contributed by atoms with E-state index in [2.05, 4.69) is 5.32 Å². The third-order valence-corrected chi connectivity index (χ3v) is 8.17. The number of nitrogens with one attached hydrogen (secondary N) is 1. The average Bonchev–Trinajstić information content (AvgIpc) is 3.27. The number of halogens is 1. The Morgan fingerprint density at radius 2 is 1.64 bits per heavy atom. The molecule has 0 saturated heterocycles. The second-order valence-corrected chi connectivity index (χ2v) is 11.4. The van der Waals surface area contributed by atoms with Crippen LogP contribution in [0.2, 0.25) is 5.02 Å². The van der Waals surface area contributed by atoms with Crippen molar-refractivity contribution in [2.24, 2.45) is 0 Å². The highest BCUT2D eigenvalue weighted by Crippen LogP contribution is 2.37. The third kappa shape index (κ3) is 6.50. The zero-order chi connectivity index (χ0) is 29.6. The minimum atomic E-state index is -0.709. The van der Waals surface area contributed by atoms with E-state index in [9.17, 15) is 14.4 Å². The lowest BCUT2D eigenvalue weighted by molar-refractivity contribution is -0.141. The molecule has 1 heterocycles. The van der Waals surface area contributed by atoms with Crippen molar-refractivity contribution in [3.05, 3.63) is 113 Å². The SMILES string of the molecule is CC[C@H](C)NC(=O)[C@@H](Cc1ccccc1)N(Cc1cccc(Cl)c1)C(=O)CCCN1C(=O)c2cccc3cccc1c23. The summed E-state index contributed by atoms with van der Waals surface area (Å²) in [4.78, 5) is 44.4. The Labute approximate surface area is 252 Å². The van der Waals surface area contributed by atoms with Crippen molar-refractivity contribution in [3.8, 4) is 0 Å². The van der Waals surface area contributed by atoms with E-state index in [1.54, 1.807) is 15.9 Å². The molecule has 1 aliphatic heterocycles. The van der Waals surface area contributed by atoms with Crippen LogP contribution in [0.25, 0.3) is 10.8 Å². The molecule has 0 unspecified atom stereocenters. The van der Waals surface area contributed by atoms with Crippen molar-refractivity contribution >= 4 is 45.8 Å². The molecular formula is C35H36ClN3O3. The van der Waals surface area contributed by atoms with Gasteiger partial charge in [0.05, 0.1) is 5.69 Å². The van der Waals surface area contributed by atoms with Crippen LogP contribution in [0.15, 0.2) is 91.0 Å². The molecule has 0 aliphatic carbocycles. The van der Waals surface area contributed by atoms with Gasteiger partial charge in [-0.3, -0.25) is 14.4 Å². The molecule has 0 radical (unpaired) electrons. The average molecular weight is 582 g/mol. The lowest BCUT2D eigenvalue weighted by Gasteiger charge is -2.32. The normalized spacial score (nSPS) is 13.7. The quantitative estimate of drug-likeness (QED) is 0.200. The summed E-state index contributed by atoms with van der Waals surface area (Å²) < 4.78 is 0. The molecule has 42 heavy (non-hydrogen) atoms. The van der Waals surface area contributed by atoms with Gasteiger partial charge in [-0.1, -0.05) is 85.3 Å². The first-order valence-corrected chi connectivity index (χ1v) is 14.9. The van der Waals surface area contributed by atoms with Gasteiger partial charge in [0, 0.05) is 47.9 Å². The number of nitrogens with zero attached hydrogens (tertiary/aromatic N) is 2. The molecule has 2 atom stereocenters. The highest BCUT2D eigenvalue weighted by molar-refractivity contribution is 6.30. The van der Waals surface area contributed by atoms with Gasteiger partial charge in [-0.2, -0.15) is 0 Å². The molecule has 0 aromatic heterocycles. The van der Waals surface area contributed by atoms with Gasteiger partial charge in [-0.15, -0.1) is 0 Å². The fourth-order valence-electron chi connectivity index (χ4n) is 5.56. The predicted octanol–water partition coefficient (Wildman–Crippen LogP) is 6.79. The highest BCUT2D eigenvalue weighted by atomic mass is 35.5. The van der Waals surface area contributed by atoms with Gasteiger partial charge in [0.1, 0.15) is 6.04 Å². The molecule has 0 bridgehead atoms. The summed E-state index contributed by atoms with van der Waals surface area (Å²) in [6, 6.07) is 28.1. The summed E-state index contributed by atoms with van der Waals surface area (Å²) >= 11 is 6.29. The maximum Gasteiger partial charge on any atom is 0.258 e. The van der Waals surface area contributed by atoms with Crippen LogP contribution in [0.5, 0.6) is 0 Å². The van der Waals surface area contributed by atoms with Crippen LogP contribution in [0.1, 0.15) is 54.6 Å². The number of carbonyl (C=O) groups is 3. The maximum atomic E-state index is 14.0. The Hall–Kier alpha value is -4.16. The summed E-state index contributed by atoms with van der Waals surface area (Å²) in [5, 5.41) is 5.66. The largest absolute Gasteiger partial charge is 0.352 e. The molecule has 4 aromatic rings. The summed E-state index contributed by atoms with van der Waals surface area (Å²) in [6.45, 7) is 4.64. The molecule has 0 saturated carbocycles. The number of anilines is 1. The van der Waals surface area contributed by atoms with Crippen molar-refractivity contribution in [1.29, 1.82) is 0 Å². The molecule has 1 N–H and O–H groups in total. The third-order valence-electron chi connectivity index (χ3n) is 7.94. The smallest absolute Gasteiger partial charge is 0.258 e. The lowest BCUT2D eigenvalue weighted by Crippen LogP contribution is -2.52. The van der Waals surface area contributed by atoms with Gasteiger partial charge in [0.2, 0.25) is 11.8 Å². The van der Waals surface area contributed by atoms with Gasteiger partial charge in [0.15, 0.2) is 0 Å². The molecule has 0 spiro atoms. The molecule has 4 aromatic carbocycles. The monoisotopic (exact) mass is 581 g/mol. The molecule has 216 valence electrons. The van der Waals surface area contributed by atoms with Gasteiger partial charge < -0.3 is 15.1 Å². The maximum absolute atomic E-state index is 14.0. The first-order chi connectivity index (χ1) is 20.4. The van der Waals surface area contributed by atoms with Crippen molar-refractivity contribution < 1.29 is 14.4 Å². The molecule has 1 aliphatic rings. The fourth-order valence-corrected chi connectivity index (χ4v) is 5.77. The number of carbonyl (C=O) groups excluding carboxylic acids is 3. The highest BCUT2D eigenvalue weighted by Gasteiger charge is 2.32. The standard InChI is InChI=1S/C35H36ClN3O3/c1-3-24(2)37-34(41)31(22-25-11-5-4-6-12-25)39(23-26-13-7-16-28(36)21-26)32(40)19-10-20-38-30-18-9-15-27-14-8-17-29(33(27)30)35(38)42/h4-9,11-18,21,24,31H,3,10,19-20,22-23H2,1-2H3,(H,37,41)/t24-,31+/m0/s1. The van der Waals surface area contributed by atoms with Crippen LogP contribution < -0.4 is 10.2 Å². The van der Waals surface area contributed by atoms with Gasteiger partial charge in [-0.05, 0) is 60.5 Å². The van der Waals surface area contributed by atoms with E-state index in [0.29, 0.717) is 30.0 Å². The zero-order valence-corrected chi connectivity index (χ0v) is 24.8. The van der Waals surface area contributed by atoms with E-state index >= 15 is 0 Å². The van der Waals surface area contributed by atoms with Crippen LogP contribution in [0.3, 0.4) is 0 Å². The molecule has 5 rings (SSSR count). The Bertz CT molecular complexity index is 1580. The first-order valence-electron chi connectivity index (χ1n) is 14.6. The predicted molar refractivity (Wildman–Crippen MR) is 169 cm³/mol. The number of hydrogen-bond acceptors (Lipinski definition) is 3. The minimum absolute atomic E-state index is 0.0237. The van der Waals surface area contributed by atoms with E-state index in [1.807, 2.05) is 98.8 Å². The molecule has 6 nitrogen and oxygen atoms in total. The van der Waals surface area contributed by atoms with Crippen LogP contribution in [-0.4, -0.2) is 41.2 Å². The fraction of sp³-hybridized carbons (Fsp3) is 0.286. The van der Waals surface area contributed by atoms with Crippen LogP contribution >= 0.6 is 11.6 Å². The number of hydrogen-bond donors (Lipinski definition) is 1. The topological polar surface area (TPSA) is 69.7 Å². The molecule has 0 fully saturated rings. The Balaban J connectivity index is 1.38. The van der Waals surface area contributed by atoms with Gasteiger partial charge in [0.25, 0.3) is 5.91 Å². The van der Waals surface area contributed by atoms with E-state index < -0.39 is 6.04 Å². The second-order valence-electron chi connectivity index (χ2n) is 10.9. The Morgan fingerprint density at radius 1 is 0.929 bits per heavy atom. The zero-order valence-electron chi connectivity index (χ0n) is 24.1. The van der Waals surface area contributed by atoms with Crippen molar-refractivity contribution in [2.45, 2.75) is 58.2 Å². The summed E-state index contributed by atoms with van der Waals surface area (Å²) in [7, 11) is 0. The second kappa shape index (κ2) is 13.2. The van der Waals surface area contributed by atoms with Gasteiger partial charge in [-0.25, -0.2) is 0 Å². The van der Waals surface area contributed by atoms with Crippen molar-refractivity contribution in [2.75, 3.05) is 11.4 Å². The van der Waals surface area contributed by atoms with E-state index in [4.69, 9.17) is 11.6 Å². The van der Waals surface area contributed by atoms with Crippen molar-refractivity contribution in [3.63, 3.8) is 0 Å². The summed E-state index contributed by atoms with van der Waals surface area (Å²) in [5.41, 5.74) is 3.40. The number of amides is 3. The molecule has 3 amide bonds. The van der Waals surface area contributed by atoms with Crippen LogP contribution in [0.4, 0.5) is 5.69 Å². The number of rotatable bonds is 12. The van der Waals surface area contributed by atoms with E-state index in [0.717, 1.165) is 34.0 Å². The summed E-state index contributed by atoms with van der Waals surface area (Å²) in [5.74, 6) is -0.363. The first kappa shape index (κ1) is 29.3. The lowest BCUT2D eigenvalue weighted by atomic mass is 10.0. The van der Waals surface area contributed by atoms with Crippen LogP contribution in [-0.2, 0) is 22.6 Å². The molecular weight excluding hydrogens is 546 g/mol. The number of benzene rings is 4. The Kier molecular flexibility index (Phi) is 9.23. The molecule has 7 heteroatoms. The summed E-state index contributed by atoms with van der Waals surface area (Å²) in [6.07, 6.45) is 1.83. The Morgan fingerprint density at radius 3 is 2.38 bits per heavy atom.